The number of carbonyl (C=O) groups excluding carboxylic acids is 1. The van der Waals surface area contributed by atoms with Crippen LogP contribution < -0.4 is 5.32 Å². The first-order chi connectivity index (χ1) is 52.8. The molecule has 0 aromatic carbocycles. The summed E-state index contributed by atoms with van der Waals surface area (Å²) in [4.78, 5) is 13.5. The van der Waals surface area contributed by atoms with Gasteiger partial charge in [0.15, 0.2) is 18.9 Å². The quantitative estimate of drug-likeness (QED) is 0.0199. The highest BCUT2D eigenvalue weighted by molar-refractivity contribution is 5.76. The van der Waals surface area contributed by atoms with Gasteiger partial charge in [0.2, 0.25) is 5.91 Å². The summed E-state index contributed by atoms with van der Waals surface area (Å²) in [5, 5.41) is 121. The number of hydrogen-bond donors (Lipinski definition) is 12. The Labute approximate surface area is 656 Å². The van der Waals surface area contributed by atoms with Crippen LogP contribution in [-0.2, 0) is 33.2 Å². The molecule has 3 aliphatic rings. The predicted molar refractivity (Wildman–Crippen MR) is 434 cm³/mol. The molecule has 17 atom stereocenters. The summed E-state index contributed by atoms with van der Waals surface area (Å²) < 4.78 is 34.5. The van der Waals surface area contributed by atoms with Crippen molar-refractivity contribution in [2.75, 3.05) is 26.4 Å². The van der Waals surface area contributed by atoms with Gasteiger partial charge in [-0.05, 0) is 64.2 Å². The van der Waals surface area contributed by atoms with Crippen molar-refractivity contribution in [3.63, 3.8) is 0 Å². The predicted octanol–water partition coefficient (Wildman–Crippen LogP) is 16.8. The molecule has 0 spiro atoms. The van der Waals surface area contributed by atoms with E-state index in [1.165, 1.54) is 302 Å². The van der Waals surface area contributed by atoms with Crippen LogP contribution in [-0.4, -0.2) is 193 Å². The van der Waals surface area contributed by atoms with E-state index in [9.17, 15) is 61.0 Å². The van der Waals surface area contributed by atoms with Crippen LogP contribution in [0.1, 0.15) is 380 Å². The smallest absolute Gasteiger partial charge is 0.220 e. The van der Waals surface area contributed by atoms with E-state index >= 15 is 0 Å². The van der Waals surface area contributed by atoms with Gasteiger partial charge in [0.25, 0.3) is 0 Å². The summed E-state index contributed by atoms with van der Waals surface area (Å²) in [6.45, 7) is 1.77. The molecule has 3 saturated heterocycles. The zero-order valence-electron chi connectivity index (χ0n) is 68.3. The van der Waals surface area contributed by atoms with Crippen molar-refractivity contribution in [3.05, 3.63) is 48.6 Å². The summed E-state index contributed by atoms with van der Waals surface area (Å²) >= 11 is 0. The number of ether oxygens (including phenoxy) is 6. The van der Waals surface area contributed by atoms with Crippen molar-refractivity contribution in [2.24, 2.45) is 0 Å². The van der Waals surface area contributed by atoms with Crippen molar-refractivity contribution in [3.8, 4) is 0 Å². The SMILES string of the molecule is CCCCCCC/C=C\C/C=C\CCCCCCCCCCCCCCCCCCCCCCCCCCCC(=O)NC(COC1OC(CO)C(OC2OC(CO)C(OC3OC(CO)C(O)C(O)C3O)C(O)C2O)C(O)C1O)C(O)/C=C/CC/C=C/CCCCCCCCCCCCCCCCCCCCCC. The number of unbranched alkanes of at least 4 members (excludes halogenated alkanes) is 51. The first kappa shape index (κ1) is 99.9. The zero-order chi connectivity index (χ0) is 78.1. The Hall–Kier alpha value is -2.25. The standard InChI is InChI=1S/C89H165NO18/c1-3-5-7-9-11-13-15-17-19-21-23-25-27-29-31-32-33-34-35-36-37-38-39-40-41-43-45-47-49-51-53-55-57-59-61-63-65-67-77(95)90-72(73(94)66-64-62-60-58-56-54-52-50-48-46-44-42-30-28-26-24-22-20-18-16-14-12-10-8-6-4-2)71-103-87-83(101)80(98)85(75(69-92)105-87)108-89-84(102)81(99)86(76(70-93)106-89)107-88-82(100)79(97)78(96)74(68-91)104-88/h15,17,21,23,56,58,64,66,72-76,78-89,91-94,96-102H,3-14,16,18-20,22,24-55,57,59-63,65,67-71H2,1-2H3,(H,90,95)/b17-15-,23-21-,58-56+,66-64+. The van der Waals surface area contributed by atoms with Crippen LogP contribution >= 0.6 is 0 Å². The molecule has 3 rings (SSSR count). The molecule has 634 valence electrons. The van der Waals surface area contributed by atoms with E-state index in [-0.39, 0.29) is 18.9 Å². The Kier molecular flexibility index (Phi) is 63.9. The third-order valence-corrected chi connectivity index (χ3v) is 22.3. The molecule has 0 aromatic heterocycles. The summed E-state index contributed by atoms with van der Waals surface area (Å²) in [6.07, 6.45) is 62.7. The third kappa shape index (κ3) is 47.6. The van der Waals surface area contributed by atoms with Gasteiger partial charge in [-0.25, -0.2) is 0 Å². The van der Waals surface area contributed by atoms with Crippen LogP contribution in [0, 0.1) is 0 Å². The molecule has 3 fully saturated rings. The normalized spacial score (nSPS) is 25.6. The lowest BCUT2D eigenvalue weighted by atomic mass is 9.96. The van der Waals surface area contributed by atoms with Gasteiger partial charge < -0.3 is 89.9 Å². The average molecular weight is 1540 g/mol. The molecule has 0 radical (unpaired) electrons. The average Bonchev–Trinajstić information content (AvgIpc) is 0.779. The molecule has 12 N–H and O–H groups in total. The van der Waals surface area contributed by atoms with Gasteiger partial charge in [0.05, 0.1) is 38.6 Å². The Balaban J connectivity index is 1.32. The largest absolute Gasteiger partial charge is 0.394 e. The van der Waals surface area contributed by atoms with Crippen LogP contribution in [0.15, 0.2) is 48.6 Å². The summed E-state index contributed by atoms with van der Waals surface area (Å²) in [5.74, 6) is -0.278. The monoisotopic (exact) mass is 1540 g/mol. The highest BCUT2D eigenvalue weighted by atomic mass is 16.8. The fourth-order valence-corrected chi connectivity index (χ4v) is 15.2. The molecule has 0 aromatic rings. The van der Waals surface area contributed by atoms with E-state index in [0.717, 1.165) is 44.9 Å². The number of allylic oxidation sites excluding steroid dienone is 7. The molecule has 19 nitrogen and oxygen atoms in total. The first-order valence-electron chi connectivity index (χ1n) is 44.9. The molecule has 3 heterocycles. The van der Waals surface area contributed by atoms with E-state index in [2.05, 4.69) is 55.6 Å². The molecule has 19 heteroatoms. The minimum atomic E-state index is -1.98. The fourth-order valence-electron chi connectivity index (χ4n) is 15.2. The lowest BCUT2D eigenvalue weighted by molar-refractivity contribution is -0.379. The van der Waals surface area contributed by atoms with E-state index in [4.69, 9.17) is 28.4 Å². The Morgan fingerprint density at radius 3 is 0.981 bits per heavy atom. The number of carbonyl (C=O) groups is 1. The number of aliphatic hydroxyl groups excluding tert-OH is 11. The zero-order valence-corrected chi connectivity index (χ0v) is 68.3. The van der Waals surface area contributed by atoms with Crippen molar-refractivity contribution in [2.45, 2.75) is 484 Å². The second-order valence-electron chi connectivity index (χ2n) is 32.1. The summed E-state index contributed by atoms with van der Waals surface area (Å²) in [6, 6.07) is -0.991. The van der Waals surface area contributed by atoms with Crippen LogP contribution in [0.25, 0.3) is 0 Å². The third-order valence-electron chi connectivity index (χ3n) is 22.3. The Morgan fingerprint density at radius 1 is 0.333 bits per heavy atom. The van der Waals surface area contributed by atoms with Crippen LogP contribution in [0.3, 0.4) is 0 Å². The molecule has 108 heavy (non-hydrogen) atoms. The highest BCUT2D eigenvalue weighted by Crippen LogP contribution is 2.34. The number of rotatable bonds is 73. The van der Waals surface area contributed by atoms with E-state index in [1.54, 1.807) is 6.08 Å². The molecule has 17 unspecified atom stereocenters. The van der Waals surface area contributed by atoms with Crippen molar-refractivity contribution < 1.29 is 89.4 Å². The van der Waals surface area contributed by atoms with Gasteiger partial charge in [-0.1, -0.05) is 358 Å². The molecular formula is C89H165NO18. The van der Waals surface area contributed by atoms with E-state index in [1.807, 2.05) is 6.08 Å². The minimum Gasteiger partial charge on any atom is -0.394 e. The van der Waals surface area contributed by atoms with Gasteiger partial charge in [-0.15, -0.1) is 0 Å². The fraction of sp³-hybridized carbons (Fsp3) is 0.899. The maximum atomic E-state index is 13.5. The number of hydrogen-bond acceptors (Lipinski definition) is 18. The van der Waals surface area contributed by atoms with Gasteiger partial charge in [0.1, 0.15) is 73.2 Å². The molecular weight excluding hydrogens is 1370 g/mol. The number of aliphatic hydroxyl groups is 11. The van der Waals surface area contributed by atoms with Crippen LogP contribution in [0.4, 0.5) is 0 Å². The Bertz CT molecular complexity index is 2130. The van der Waals surface area contributed by atoms with E-state index < -0.39 is 124 Å². The van der Waals surface area contributed by atoms with Gasteiger partial charge in [0, 0.05) is 6.42 Å². The summed E-state index contributed by atoms with van der Waals surface area (Å²) in [7, 11) is 0. The van der Waals surface area contributed by atoms with Crippen molar-refractivity contribution in [1.29, 1.82) is 0 Å². The maximum Gasteiger partial charge on any atom is 0.220 e. The molecule has 0 saturated carbocycles. The number of nitrogens with one attached hydrogen (secondary N) is 1. The van der Waals surface area contributed by atoms with Crippen LogP contribution in [0.2, 0.25) is 0 Å². The minimum absolute atomic E-state index is 0.239. The lowest BCUT2D eigenvalue weighted by Gasteiger charge is -2.48. The summed E-state index contributed by atoms with van der Waals surface area (Å²) in [5.41, 5.74) is 0. The van der Waals surface area contributed by atoms with Gasteiger partial charge >= 0.3 is 0 Å². The lowest BCUT2D eigenvalue weighted by Crippen LogP contribution is -2.66. The van der Waals surface area contributed by atoms with Crippen molar-refractivity contribution >= 4 is 5.91 Å². The van der Waals surface area contributed by atoms with Crippen LogP contribution in [0.5, 0.6) is 0 Å². The second-order valence-corrected chi connectivity index (χ2v) is 32.1. The second kappa shape index (κ2) is 69.1. The topological polar surface area (TPSA) is 307 Å². The van der Waals surface area contributed by atoms with Gasteiger partial charge in [-0.3, -0.25) is 4.79 Å². The van der Waals surface area contributed by atoms with Crippen molar-refractivity contribution in [1.82, 2.24) is 5.32 Å². The molecule has 1 amide bonds. The molecule has 3 aliphatic heterocycles. The van der Waals surface area contributed by atoms with Gasteiger partial charge in [-0.2, -0.15) is 0 Å². The maximum absolute atomic E-state index is 13.5. The first-order valence-corrected chi connectivity index (χ1v) is 44.9. The Morgan fingerprint density at radius 2 is 0.620 bits per heavy atom. The molecule has 0 bridgehead atoms. The molecule has 0 aliphatic carbocycles. The van der Waals surface area contributed by atoms with E-state index in [0.29, 0.717) is 12.8 Å². The number of amides is 1. The highest BCUT2D eigenvalue weighted by Gasteiger charge is 2.54.